The van der Waals surface area contributed by atoms with Crippen LogP contribution in [0.3, 0.4) is 0 Å². The standard InChI is InChI=1S/C17H25NS/c1-10-7-11(2)17-15(8-10)16(13(4)19-17)12(3)18-9-14-5-6-14/h10-11,14,18H,3,5-9H2,1-2,4H3. The minimum atomic E-state index is 0.729. The van der Waals surface area contributed by atoms with Crippen LogP contribution in [-0.2, 0) is 6.42 Å². The molecule has 1 fully saturated rings. The SMILES string of the molecule is C=C(NCC1CC1)c1c(C)sc2c1CC(C)CC2C. The summed E-state index contributed by atoms with van der Waals surface area (Å²) in [5.41, 5.74) is 4.21. The second kappa shape index (κ2) is 4.97. The monoisotopic (exact) mass is 275 g/mol. The Labute approximate surface area is 121 Å². The molecule has 0 amide bonds. The first kappa shape index (κ1) is 13.2. The van der Waals surface area contributed by atoms with E-state index in [2.05, 4.69) is 32.7 Å². The minimum absolute atomic E-state index is 0.729. The van der Waals surface area contributed by atoms with Gasteiger partial charge in [-0.15, -0.1) is 11.3 Å². The van der Waals surface area contributed by atoms with Crippen molar-refractivity contribution in [2.75, 3.05) is 6.54 Å². The third kappa shape index (κ3) is 2.60. The predicted molar refractivity (Wildman–Crippen MR) is 84.7 cm³/mol. The van der Waals surface area contributed by atoms with E-state index in [-0.39, 0.29) is 0 Å². The Morgan fingerprint density at radius 3 is 2.79 bits per heavy atom. The van der Waals surface area contributed by atoms with Gasteiger partial charge in [-0.1, -0.05) is 20.4 Å². The largest absolute Gasteiger partial charge is 0.385 e. The van der Waals surface area contributed by atoms with Crippen LogP contribution >= 0.6 is 11.3 Å². The van der Waals surface area contributed by atoms with Crippen molar-refractivity contribution in [2.45, 2.75) is 52.4 Å². The molecule has 0 saturated heterocycles. The molecular weight excluding hydrogens is 250 g/mol. The summed E-state index contributed by atoms with van der Waals surface area (Å²) in [6, 6.07) is 0. The molecular formula is C17H25NS. The zero-order valence-electron chi connectivity index (χ0n) is 12.4. The van der Waals surface area contributed by atoms with Crippen LogP contribution in [0.4, 0.5) is 0 Å². The highest BCUT2D eigenvalue weighted by Gasteiger charge is 2.28. The average molecular weight is 275 g/mol. The molecule has 2 aliphatic rings. The van der Waals surface area contributed by atoms with Crippen LogP contribution in [0.15, 0.2) is 6.58 Å². The van der Waals surface area contributed by atoms with Gasteiger partial charge in [-0.25, -0.2) is 0 Å². The topological polar surface area (TPSA) is 12.0 Å². The molecule has 0 spiro atoms. The van der Waals surface area contributed by atoms with E-state index in [9.17, 15) is 0 Å². The van der Waals surface area contributed by atoms with Gasteiger partial charge in [0.2, 0.25) is 0 Å². The lowest BCUT2D eigenvalue weighted by molar-refractivity contribution is 0.455. The highest BCUT2D eigenvalue weighted by Crippen LogP contribution is 2.44. The van der Waals surface area contributed by atoms with Crippen molar-refractivity contribution in [3.8, 4) is 0 Å². The van der Waals surface area contributed by atoms with E-state index in [1.165, 1.54) is 41.8 Å². The maximum absolute atomic E-state index is 4.31. The fourth-order valence-corrected chi connectivity index (χ4v) is 4.71. The molecule has 2 aliphatic carbocycles. The van der Waals surface area contributed by atoms with E-state index in [1.54, 1.807) is 10.4 Å². The van der Waals surface area contributed by atoms with E-state index in [0.29, 0.717) is 0 Å². The van der Waals surface area contributed by atoms with Gasteiger partial charge in [0.1, 0.15) is 0 Å². The molecule has 2 heteroatoms. The predicted octanol–water partition coefficient (Wildman–Crippen LogP) is 4.71. The van der Waals surface area contributed by atoms with Crippen LogP contribution in [0, 0.1) is 18.8 Å². The van der Waals surface area contributed by atoms with Gasteiger partial charge >= 0.3 is 0 Å². The molecule has 0 radical (unpaired) electrons. The van der Waals surface area contributed by atoms with Crippen molar-refractivity contribution < 1.29 is 0 Å². The van der Waals surface area contributed by atoms with E-state index >= 15 is 0 Å². The molecule has 0 aliphatic heterocycles. The minimum Gasteiger partial charge on any atom is -0.385 e. The molecule has 19 heavy (non-hydrogen) atoms. The van der Waals surface area contributed by atoms with Crippen molar-refractivity contribution in [1.82, 2.24) is 5.32 Å². The fourth-order valence-electron chi connectivity index (χ4n) is 3.43. The second-order valence-electron chi connectivity index (χ2n) is 6.62. The fraction of sp³-hybridized carbons (Fsp3) is 0.647. The molecule has 1 N–H and O–H groups in total. The van der Waals surface area contributed by atoms with Crippen molar-refractivity contribution >= 4 is 17.0 Å². The summed E-state index contributed by atoms with van der Waals surface area (Å²) in [4.78, 5) is 3.08. The molecule has 1 saturated carbocycles. The van der Waals surface area contributed by atoms with E-state index in [1.807, 2.05) is 11.3 Å². The number of aryl methyl sites for hydroxylation is 1. The Kier molecular flexibility index (Phi) is 3.46. The number of nitrogens with one attached hydrogen (secondary N) is 1. The number of hydrogen-bond donors (Lipinski definition) is 1. The van der Waals surface area contributed by atoms with Crippen molar-refractivity contribution in [3.63, 3.8) is 0 Å². The highest BCUT2D eigenvalue weighted by molar-refractivity contribution is 7.12. The maximum atomic E-state index is 4.31. The third-order valence-corrected chi connectivity index (χ3v) is 5.95. The van der Waals surface area contributed by atoms with Crippen LogP contribution in [0.2, 0.25) is 0 Å². The first-order valence-corrected chi connectivity index (χ1v) is 8.43. The van der Waals surface area contributed by atoms with E-state index < -0.39 is 0 Å². The first-order chi connectivity index (χ1) is 9.06. The molecule has 0 aromatic carbocycles. The van der Waals surface area contributed by atoms with Crippen molar-refractivity contribution in [2.24, 2.45) is 11.8 Å². The summed E-state index contributed by atoms with van der Waals surface area (Å²) in [5.74, 6) is 2.45. The number of thiophene rings is 1. The van der Waals surface area contributed by atoms with Gasteiger partial charge in [0, 0.05) is 27.6 Å². The smallest absolute Gasteiger partial charge is 0.0354 e. The van der Waals surface area contributed by atoms with Crippen molar-refractivity contribution in [3.05, 3.63) is 27.5 Å². The van der Waals surface area contributed by atoms with Gasteiger partial charge in [-0.05, 0) is 55.9 Å². The highest BCUT2D eigenvalue weighted by atomic mass is 32.1. The zero-order valence-corrected chi connectivity index (χ0v) is 13.2. The average Bonchev–Trinajstić information content (AvgIpc) is 3.10. The lowest BCUT2D eigenvalue weighted by Gasteiger charge is -2.25. The number of fused-ring (bicyclic) bond motifs is 1. The molecule has 2 unspecified atom stereocenters. The second-order valence-corrected chi connectivity index (χ2v) is 7.88. The Morgan fingerprint density at radius 2 is 2.11 bits per heavy atom. The van der Waals surface area contributed by atoms with Crippen LogP contribution in [-0.4, -0.2) is 6.54 Å². The van der Waals surface area contributed by atoms with Crippen molar-refractivity contribution in [1.29, 1.82) is 0 Å². The molecule has 2 atom stereocenters. The summed E-state index contributed by atoms with van der Waals surface area (Å²) >= 11 is 2.00. The molecule has 1 heterocycles. The molecule has 1 nitrogen and oxygen atoms in total. The molecule has 3 rings (SSSR count). The Balaban J connectivity index is 1.85. The van der Waals surface area contributed by atoms with Crippen LogP contribution in [0.25, 0.3) is 5.70 Å². The lowest BCUT2D eigenvalue weighted by atomic mass is 9.81. The molecule has 0 bridgehead atoms. The van der Waals surface area contributed by atoms with E-state index in [4.69, 9.17) is 0 Å². The van der Waals surface area contributed by atoms with Gasteiger partial charge in [-0.3, -0.25) is 0 Å². The summed E-state index contributed by atoms with van der Waals surface area (Å²) in [6.45, 7) is 12.5. The quantitative estimate of drug-likeness (QED) is 0.839. The lowest BCUT2D eigenvalue weighted by Crippen LogP contribution is -2.18. The van der Waals surface area contributed by atoms with Gasteiger partial charge in [0.25, 0.3) is 0 Å². The molecule has 1 aromatic rings. The maximum Gasteiger partial charge on any atom is 0.0354 e. The van der Waals surface area contributed by atoms with Gasteiger partial charge in [-0.2, -0.15) is 0 Å². The molecule has 1 aromatic heterocycles. The van der Waals surface area contributed by atoms with E-state index in [0.717, 1.165) is 24.3 Å². The van der Waals surface area contributed by atoms with Crippen LogP contribution in [0.5, 0.6) is 0 Å². The normalized spacial score (nSPS) is 26.1. The van der Waals surface area contributed by atoms with Gasteiger partial charge in [0.15, 0.2) is 0 Å². The Hall–Kier alpha value is -0.760. The van der Waals surface area contributed by atoms with Gasteiger partial charge in [0.05, 0.1) is 0 Å². The number of hydrogen-bond acceptors (Lipinski definition) is 2. The zero-order chi connectivity index (χ0) is 13.6. The summed E-state index contributed by atoms with van der Waals surface area (Å²) < 4.78 is 0. The summed E-state index contributed by atoms with van der Waals surface area (Å²) in [7, 11) is 0. The van der Waals surface area contributed by atoms with Crippen LogP contribution in [0.1, 0.15) is 59.9 Å². The summed E-state index contributed by atoms with van der Waals surface area (Å²) in [6.07, 6.45) is 5.38. The van der Waals surface area contributed by atoms with Crippen LogP contribution < -0.4 is 5.32 Å². The number of rotatable bonds is 4. The first-order valence-electron chi connectivity index (χ1n) is 7.61. The Bertz CT molecular complexity index is 496. The summed E-state index contributed by atoms with van der Waals surface area (Å²) in [5, 5.41) is 3.58. The Morgan fingerprint density at radius 1 is 1.37 bits per heavy atom. The molecule has 104 valence electrons. The third-order valence-electron chi connectivity index (χ3n) is 4.57. The van der Waals surface area contributed by atoms with Gasteiger partial charge < -0.3 is 5.32 Å².